The number of rotatable bonds is 4. The summed E-state index contributed by atoms with van der Waals surface area (Å²) in [5.74, 6) is -0.0380. The summed E-state index contributed by atoms with van der Waals surface area (Å²) in [6.45, 7) is 1.85. The Bertz CT molecular complexity index is 315. The van der Waals surface area contributed by atoms with Gasteiger partial charge in [0.15, 0.2) is 6.61 Å². The number of carbonyl (C=O) groups excluding carboxylic acids is 1. The molecule has 0 aliphatic rings. The van der Waals surface area contributed by atoms with Crippen molar-refractivity contribution < 1.29 is 14.3 Å². The molecule has 0 bridgehead atoms. The van der Waals surface area contributed by atoms with E-state index in [0.717, 1.165) is 12.1 Å². The van der Waals surface area contributed by atoms with E-state index in [1.54, 1.807) is 6.07 Å². The van der Waals surface area contributed by atoms with Crippen LogP contribution in [0, 0.1) is 0 Å². The van der Waals surface area contributed by atoms with Gasteiger partial charge in [0.2, 0.25) is 5.88 Å². The van der Waals surface area contributed by atoms with Gasteiger partial charge in [0.25, 0.3) is 0 Å². The molecule has 1 aromatic rings. The number of esters is 1. The van der Waals surface area contributed by atoms with Gasteiger partial charge in [0, 0.05) is 11.8 Å². The van der Waals surface area contributed by atoms with Crippen LogP contribution < -0.4 is 4.74 Å². The first-order valence-electron chi connectivity index (χ1n) is 4.26. The molecule has 1 rings (SSSR count). The minimum absolute atomic E-state index is 0.128. The molecule has 5 nitrogen and oxygen atoms in total. The van der Waals surface area contributed by atoms with E-state index in [4.69, 9.17) is 4.74 Å². The molecule has 14 heavy (non-hydrogen) atoms. The number of ether oxygens (including phenoxy) is 2. The first kappa shape index (κ1) is 10.4. The van der Waals surface area contributed by atoms with Crippen molar-refractivity contribution in [2.24, 2.45) is 0 Å². The van der Waals surface area contributed by atoms with Crippen LogP contribution in [0.1, 0.15) is 12.6 Å². The third-order valence-electron chi connectivity index (χ3n) is 1.63. The fourth-order valence-corrected chi connectivity index (χ4v) is 0.841. The van der Waals surface area contributed by atoms with Crippen LogP contribution in [0.25, 0.3) is 0 Å². The number of methoxy groups -OCH3 is 1. The lowest BCUT2D eigenvalue weighted by atomic mass is 10.3. The molecule has 0 unspecified atom stereocenters. The number of hydrogen-bond donors (Lipinski definition) is 0. The molecule has 5 heteroatoms. The van der Waals surface area contributed by atoms with Crippen LogP contribution in [-0.2, 0) is 16.0 Å². The van der Waals surface area contributed by atoms with E-state index in [1.807, 2.05) is 6.92 Å². The Hall–Kier alpha value is -1.65. The lowest BCUT2D eigenvalue weighted by Gasteiger charge is -2.03. The predicted octanol–water partition coefficient (Wildman–Crippen LogP) is 0.591. The van der Waals surface area contributed by atoms with Crippen molar-refractivity contribution >= 4 is 5.97 Å². The average molecular weight is 196 g/mol. The maximum Gasteiger partial charge on any atom is 0.343 e. The van der Waals surface area contributed by atoms with Crippen molar-refractivity contribution in [3.8, 4) is 5.88 Å². The normalized spacial score (nSPS) is 9.57. The van der Waals surface area contributed by atoms with E-state index in [2.05, 4.69) is 14.7 Å². The van der Waals surface area contributed by atoms with Gasteiger partial charge in [-0.3, -0.25) is 0 Å². The fraction of sp³-hybridized carbons (Fsp3) is 0.444. The van der Waals surface area contributed by atoms with E-state index in [9.17, 15) is 4.79 Å². The predicted molar refractivity (Wildman–Crippen MR) is 48.9 cm³/mol. The van der Waals surface area contributed by atoms with Gasteiger partial charge < -0.3 is 9.47 Å². The van der Waals surface area contributed by atoms with Crippen molar-refractivity contribution in [3.63, 3.8) is 0 Å². The summed E-state index contributed by atoms with van der Waals surface area (Å²) >= 11 is 0. The van der Waals surface area contributed by atoms with Gasteiger partial charge in [-0.1, -0.05) is 6.92 Å². The molecule has 0 amide bonds. The lowest BCUT2D eigenvalue weighted by Crippen LogP contribution is -2.13. The number of aryl methyl sites for hydroxylation is 1. The van der Waals surface area contributed by atoms with Crippen LogP contribution in [0.3, 0.4) is 0 Å². The van der Waals surface area contributed by atoms with E-state index in [1.165, 1.54) is 13.4 Å². The van der Waals surface area contributed by atoms with Crippen LogP contribution in [0.4, 0.5) is 0 Å². The van der Waals surface area contributed by atoms with E-state index in [-0.39, 0.29) is 6.61 Å². The Balaban J connectivity index is 2.54. The maximum atomic E-state index is 10.7. The van der Waals surface area contributed by atoms with Gasteiger partial charge in [-0.25, -0.2) is 14.8 Å². The van der Waals surface area contributed by atoms with Gasteiger partial charge >= 0.3 is 5.97 Å². The third kappa shape index (κ3) is 3.01. The standard InChI is InChI=1S/C9H12N2O3/c1-3-7-4-8(11-6-10-7)14-5-9(12)13-2/h4,6H,3,5H2,1-2H3. The summed E-state index contributed by atoms with van der Waals surface area (Å²) in [5, 5.41) is 0. The summed E-state index contributed by atoms with van der Waals surface area (Å²) in [7, 11) is 1.31. The maximum absolute atomic E-state index is 10.7. The molecule has 0 atom stereocenters. The molecule has 1 heterocycles. The van der Waals surface area contributed by atoms with Gasteiger partial charge in [-0.2, -0.15) is 0 Å². The Kier molecular flexibility index (Phi) is 3.84. The summed E-state index contributed by atoms with van der Waals surface area (Å²) in [5.41, 5.74) is 0.875. The third-order valence-corrected chi connectivity index (χ3v) is 1.63. The van der Waals surface area contributed by atoms with E-state index in [0.29, 0.717) is 5.88 Å². The van der Waals surface area contributed by atoms with Crippen LogP contribution >= 0.6 is 0 Å². The molecule has 0 saturated heterocycles. The van der Waals surface area contributed by atoms with E-state index < -0.39 is 5.97 Å². The van der Waals surface area contributed by atoms with Gasteiger partial charge in [0.05, 0.1) is 7.11 Å². The monoisotopic (exact) mass is 196 g/mol. The van der Waals surface area contributed by atoms with Crippen LogP contribution in [0.2, 0.25) is 0 Å². The largest absolute Gasteiger partial charge is 0.466 e. The lowest BCUT2D eigenvalue weighted by molar-refractivity contribution is -0.143. The summed E-state index contributed by atoms with van der Waals surface area (Å²) in [6, 6.07) is 1.70. The zero-order chi connectivity index (χ0) is 10.4. The molecule has 0 saturated carbocycles. The SMILES string of the molecule is CCc1cc(OCC(=O)OC)ncn1. The molecule has 0 radical (unpaired) electrons. The molecule has 0 aliphatic carbocycles. The van der Waals surface area contributed by atoms with Crippen LogP contribution in [0.5, 0.6) is 5.88 Å². The molecule has 0 spiro atoms. The molecule has 0 N–H and O–H groups in total. The highest BCUT2D eigenvalue weighted by atomic mass is 16.6. The van der Waals surface area contributed by atoms with Gasteiger partial charge in [0.1, 0.15) is 6.33 Å². The van der Waals surface area contributed by atoms with Crippen molar-refractivity contribution in [1.29, 1.82) is 0 Å². The van der Waals surface area contributed by atoms with Gasteiger partial charge in [-0.05, 0) is 6.42 Å². The summed E-state index contributed by atoms with van der Waals surface area (Å²) < 4.78 is 9.50. The second-order valence-electron chi connectivity index (χ2n) is 2.57. The van der Waals surface area contributed by atoms with Crippen molar-refractivity contribution in [2.75, 3.05) is 13.7 Å². The van der Waals surface area contributed by atoms with Crippen molar-refractivity contribution in [2.45, 2.75) is 13.3 Å². The highest BCUT2D eigenvalue weighted by molar-refractivity contribution is 5.70. The Labute approximate surface area is 82.1 Å². The zero-order valence-electron chi connectivity index (χ0n) is 8.19. The quantitative estimate of drug-likeness (QED) is 0.659. The zero-order valence-corrected chi connectivity index (χ0v) is 8.19. The number of hydrogen-bond acceptors (Lipinski definition) is 5. The summed E-state index contributed by atoms with van der Waals surface area (Å²) in [6.07, 6.45) is 2.21. The molecule has 76 valence electrons. The van der Waals surface area contributed by atoms with E-state index >= 15 is 0 Å². The molecule has 0 aromatic carbocycles. The molecule has 1 aromatic heterocycles. The Morgan fingerprint density at radius 2 is 2.29 bits per heavy atom. The number of carbonyl (C=O) groups is 1. The average Bonchev–Trinajstić information content (AvgIpc) is 2.26. The second-order valence-corrected chi connectivity index (χ2v) is 2.57. The first-order chi connectivity index (χ1) is 6.76. The van der Waals surface area contributed by atoms with Crippen LogP contribution in [0.15, 0.2) is 12.4 Å². The van der Waals surface area contributed by atoms with Crippen molar-refractivity contribution in [1.82, 2.24) is 9.97 Å². The highest BCUT2D eigenvalue weighted by Gasteiger charge is 2.03. The first-order valence-corrected chi connectivity index (χ1v) is 4.26. The minimum atomic E-state index is -0.429. The molecule has 0 fully saturated rings. The van der Waals surface area contributed by atoms with Crippen molar-refractivity contribution in [3.05, 3.63) is 18.1 Å². The number of aromatic nitrogens is 2. The van der Waals surface area contributed by atoms with Gasteiger partial charge in [-0.15, -0.1) is 0 Å². The Morgan fingerprint density at radius 1 is 1.50 bits per heavy atom. The smallest absolute Gasteiger partial charge is 0.343 e. The Morgan fingerprint density at radius 3 is 2.93 bits per heavy atom. The fourth-order valence-electron chi connectivity index (χ4n) is 0.841. The molecular weight excluding hydrogens is 184 g/mol. The molecular formula is C9H12N2O3. The second kappa shape index (κ2) is 5.16. The topological polar surface area (TPSA) is 61.3 Å². The summed E-state index contributed by atoms with van der Waals surface area (Å²) in [4.78, 5) is 18.6. The molecule has 0 aliphatic heterocycles. The minimum Gasteiger partial charge on any atom is -0.466 e. The number of nitrogens with zero attached hydrogens (tertiary/aromatic N) is 2. The van der Waals surface area contributed by atoms with Crippen LogP contribution in [-0.4, -0.2) is 29.7 Å². The highest BCUT2D eigenvalue weighted by Crippen LogP contribution is 2.06.